The van der Waals surface area contributed by atoms with Crippen molar-refractivity contribution in [3.8, 4) is 0 Å². The average Bonchev–Trinajstić information content (AvgIpc) is 2.91. The predicted octanol–water partition coefficient (Wildman–Crippen LogP) is 4.61. The van der Waals surface area contributed by atoms with Crippen molar-refractivity contribution >= 4 is 41.0 Å². The van der Waals surface area contributed by atoms with E-state index in [-0.39, 0.29) is 12.6 Å². The van der Waals surface area contributed by atoms with Gasteiger partial charge in [-0.15, -0.1) is 0 Å². The number of allylic oxidation sites excluding steroid dienone is 5. The van der Waals surface area contributed by atoms with Crippen molar-refractivity contribution in [2.45, 2.75) is 0 Å². The van der Waals surface area contributed by atoms with E-state index in [1.807, 2.05) is 36.4 Å². The Kier molecular flexibility index (Phi) is 8.31. The number of aromatic nitrogens is 1. The molecule has 1 fully saturated rings. The molecule has 0 atom stereocenters. The van der Waals surface area contributed by atoms with Crippen LogP contribution in [0.2, 0.25) is 0 Å². The minimum Gasteiger partial charge on any atom is -0.369 e. The Labute approximate surface area is 210 Å². The van der Waals surface area contributed by atoms with Crippen LogP contribution in [-0.4, -0.2) is 67.6 Å². The lowest BCUT2D eigenvalue weighted by Gasteiger charge is -2.35. The average molecular weight is 485 g/mol. The third-order valence-electron chi connectivity index (χ3n) is 6.03. The molecule has 1 aliphatic carbocycles. The minimum atomic E-state index is -0.305. The Balaban J connectivity index is 1.59. The highest BCUT2D eigenvalue weighted by Gasteiger charge is 2.19. The number of piperazine rings is 1. The molecule has 1 saturated heterocycles. The van der Waals surface area contributed by atoms with Crippen LogP contribution in [-0.2, 0) is 4.79 Å². The van der Waals surface area contributed by atoms with Gasteiger partial charge in [0, 0.05) is 67.5 Å². The highest BCUT2D eigenvalue weighted by atomic mass is 19.1. The first-order chi connectivity index (χ1) is 17.6. The number of amides is 1. The molecule has 0 radical (unpaired) electrons. The van der Waals surface area contributed by atoms with Gasteiger partial charge >= 0.3 is 0 Å². The van der Waals surface area contributed by atoms with Crippen LogP contribution >= 0.6 is 0 Å². The molecule has 8 heteroatoms. The zero-order valence-electron chi connectivity index (χ0n) is 20.1. The molecular weight excluding hydrogens is 455 g/mol. The van der Waals surface area contributed by atoms with Crippen LogP contribution in [0, 0.1) is 0 Å². The summed E-state index contributed by atoms with van der Waals surface area (Å²) >= 11 is 0. The SMILES string of the molecule is C=CC(=O)Nc1cncc(C2=CC=CC(=C/N=C)/C2=N\c2ccc(N3CCN(CCF)CC3)cc2)c1. The Morgan fingerprint density at radius 2 is 1.94 bits per heavy atom. The molecule has 1 N–H and O–H groups in total. The van der Waals surface area contributed by atoms with Gasteiger partial charge in [-0.1, -0.05) is 24.8 Å². The lowest BCUT2D eigenvalue weighted by atomic mass is 9.92. The number of nitrogens with one attached hydrogen (secondary N) is 1. The van der Waals surface area contributed by atoms with Gasteiger partial charge in [-0.25, -0.2) is 9.38 Å². The van der Waals surface area contributed by atoms with Crippen LogP contribution in [0.25, 0.3) is 5.57 Å². The first-order valence-corrected chi connectivity index (χ1v) is 11.8. The number of aliphatic imine (C=N–C) groups is 2. The van der Waals surface area contributed by atoms with Gasteiger partial charge in [0.25, 0.3) is 0 Å². The number of alkyl halides is 1. The second-order valence-corrected chi connectivity index (χ2v) is 8.36. The first-order valence-electron chi connectivity index (χ1n) is 11.8. The van der Waals surface area contributed by atoms with E-state index in [9.17, 15) is 9.18 Å². The van der Waals surface area contributed by atoms with E-state index in [1.54, 1.807) is 18.6 Å². The molecule has 2 heterocycles. The molecule has 36 heavy (non-hydrogen) atoms. The number of hydrogen-bond donors (Lipinski definition) is 1. The number of benzene rings is 1. The van der Waals surface area contributed by atoms with Gasteiger partial charge in [-0.3, -0.25) is 19.7 Å². The number of nitrogens with zero attached hydrogens (tertiary/aromatic N) is 5. The zero-order chi connectivity index (χ0) is 25.3. The van der Waals surface area contributed by atoms with Crippen molar-refractivity contribution in [3.63, 3.8) is 0 Å². The molecule has 0 spiro atoms. The quantitative estimate of drug-likeness (QED) is 0.439. The maximum absolute atomic E-state index is 12.6. The smallest absolute Gasteiger partial charge is 0.247 e. The van der Waals surface area contributed by atoms with Gasteiger partial charge in [0.1, 0.15) is 6.67 Å². The standard InChI is InChI=1S/C28H29FN6O/c1-3-27(36)32-24-17-22(19-31-20-24)26-6-4-5-21(18-30-2)28(26)33-23-7-9-25(10-8-23)35-15-13-34(12-11-29)14-16-35/h3-10,17-20H,1-2,11-16H2,(H,32,36)/b21-18-,33-28+. The van der Waals surface area contributed by atoms with Crippen molar-refractivity contribution in [1.29, 1.82) is 0 Å². The summed E-state index contributed by atoms with van der Waals surface area (Å²) in [6, 6.07) is 9.95. The Bertz CT molecular complexity index is 1240. The summed E-state index contributed by atoms with van der Waals surface area (Å²) in [7, 11) is 0. The summed E-state index contributed by atoms with van der Waals surface area (Å²) in [6.07, 6.45) is 12.0. The fraction of sp³-hybridized carbons (Fsp3) is 0.214. The molecule has 4 rings (SSSR count). The summed E-state index contributed by atoms with van der Waals surface area (Å²) in [5, 5.41) is 2.75. The fourth-order valence-corrected chi connectivity index (χ4v) is 4.19. The number of halogens is 1. The molecule has 0 bridgehead atoms. The Hall–Kier alpha value is -4.17. The molecule has 0 unspecified atom stereocenters. The molecule has 7 nitrogen and oxygen atoms in total. The summed E-state index contributed by atoms with van der Waals surface area (Å²) in [5.41, 5.74) is 5.68. The van der Waals surface area contributed by atoms with Crippen LogP contribution in [0.4, 0.5) is 21.5 Å². The van der Waals surface area contributed by atoms with E-state index >= 15 is 0 Å². The number of rotatable bonds is 8. The van der Waals surface area contributed by atoms with E-state index in [4.69, 9.17) is 4.99 Å². The van der Waals surface area contributed by atoms with Crippen molar-refractivity contribution in [2.75, 3.05) is 49.6 Å². The number of hydrogen-bond acceptors (Lipinski definition) is 6. The molecule has 2 aliphatic rings. The van der Waals surface area contributed by atoms with E-state index in [2.05, 4.69) is 50.5 Å². The van der Waals surface area contributed by atoms with Crippen LogP contribution < -0.4 is 10.2 Å². The number of pyridine rings is 1. The maximum Gasteiger partial charge on any atom is 0.247 e. The second kappa shape index (κ2) is 12.0. The molecule has 0 saturated carbocycles. The van der Waals surface area contributed by atoms with Gasteiger partial charge in [-0.2, -0.15) is 0 Å². The topological polar surface area (TPSA) is 73.2 Å². The largest absolute Gasteiger partial charge is 0.369 e. The molecule has 184 valence electrons. The van der Waals surface area contributed by atoms with Crippen molar-refractivity contribution in [3.05, 3.63) is 90.9 Å². The van der Waals surface area contributed by atoms with Crippen LogP contribution in [0.15, 0.2) is 95.4 Å². The van der Waals surface area contributed by atoms with Crippen LogP contribution in [0.3, 0.4) is 0 Å². The lowest BCUT2D eigenvalue weighted by Crippen LogP contribution is -2.47. The normalized spacial score (nSPS) is 18.2. The van der Waals surface area contributed by atoms with Gasteiger partial charge in [0.15, 0.2) is 0 Å². The Morgan fingerprint density at radius 3 is 2.64 bits per heavy atom. The van der Waals surface area contributed by atoms with E-state index in [1.165, 1.54) is 6.08 Å². The van der Waals surface area contributed by atoms with E-state index < -0.39 is 0 Å². The van der Waals surface area contributed by atoms with E-state index in [0.29, 0.717) is 12.2 Å². The highest BCUT2D eigenvalue weighted by Crippen LogP contribution is 2.30. The lowest BCUT2D eigenvalue weighted by molar-refractivity contribution is -0.111. The highest BCUT2D eigenvalue weighted by molar-refractivity contribution is 6.34. The molecule has 1 amide bonds. The molecule has 1 aromatic carbocycles. The molecule has 1 aliphatic heterocycles. The third-order valence-corrected chi connectivity index (χ3v) is 6.03. The summed E-state index contributed by atoms with van der Waals surface area (Å²) < 4.78 is 12.6. The van der Waals surface area contributed by atoms with Crippen molar-refractivity contribution in [2.24, 2.45) is 9.98 Å². The van der Waals surface area contributed by atoms with Crippen LogP contribution in [0.1, 0.15) is 5.56 Å². The predicted molar refractivity (Wildman–Crippen MR) is 146 cm³/mol. The minimum absolute atomic E-state index is 0.303. The number of carbonyl (C=O) groups is 1. The van der Waals surface area contributed by atoms with Gasteiger partial charge in [-0.05, 0) is 43.1 Å². The fourth-order valence-electron chi connectivity index (χ4n) is 4.19. The second-order valence-electron chi connectivity index (χ2n) is 8.36. The summed E-state index contributed by atoms with van der Waals surface area (Å²) in [6.45, 7) is 10.7. The monoisotopic (exact) mass is 484 g/mol. The zero-order valence-corrected chi connectivity index (χ0v) is 20.1. The van der Waals surface area contributed by atoms with E-state index in [0.717, 1.165) is 60.0 Å². The maximum atomic E-state index is 12.6. The Morgan fingerprint density at radius 1 is 1.17 bits per heavy atom. The van der Waals surface area contributed by atoms with Gasteiger partial charge in [0.2, 0.25) is 5.91 Å². The van der Waals surface area contributed by atoms with Crippen LogP contribution in [0.5, 0.6) is 0 Å². The van der Waals surface area contributed by atoms with Gasteiger partial charge < -0.3 is 10.2 Å². The first kappa shape index (κ1) is 24.9. The summed E-state index contributed by atoms with van der Waals surface area (Å²) in [4.78, 5) is 29.4. The molecule has 1 aromatic heterocycles. The molecular formula is C28H29FN6O. The number of carbonyl (C=O) groups excluding carboxylic acids is 1. The van der Waals surface area contributed by atoms with Crippen molar-refractivity contribution in [1.82, 2.24) is 9.88 Å². The number of anilines is 2. The molecule has 2 aromatic rings. The summed E-state index contributed by atoms with van der Waals surface area (Å²) in [5.74, 6) is -0.305. The third kappa shape index (κ3) is 6.09. The van der Waals surface area contributed by atoms with Crippen molar-refractivity contribution < 1.29 is 9.18 Å². The van der Waals surface area contributed by atoms with Gasteiger partial charge in [0.05, 0.1) is 23.3 Å².